The molecule has 66 valence electrons. The van der Waals surface area contributed by atoms with Gasteiger partial charge in [-0.05, 0) is 0 Å². The van der Waals surface area contributed by atoms with Gasteiger partial charge in [0.2, 0.25) is 0 Å². The van der Waals surface area contributed by atoms with Crippen molar-refractivity contribution in [2.24, 2.45) is 5.16 Å². The van der Waals surface area contributed by atoms with Crippen molar-refractivity contribution in [3.63, 3.8) is 0 Å². The van der Waals surface area contributed by atoms with Crippen LogP contribution in [0.25, 0.3) is 0 Å². The van der Waals surface area contributed by atoms with E-state index in [1.165, 1.54) is 0 Å². The van der Waals surface area contributed by atoms with Crippen LogP contribution in [0.2, 0.25) is 0 Å². The van der Waals surface area contributed by atoms with Crippen molar-refractivity contribution < 1.29 is 31.1 Å². The van der Waals surface area contributed by atoms with Crippen molar-refractivity contribution in [1.29, 1.82) is 0 Å². The zero-order valence-electron chi connectivity index (χ0n) is 6.60. The zero-order chi connectivity index (χ0) is 8.81. The minimum atomic E-state index is -0.475. The maximum Gasteiger partial charge on any atom is 2.00 e. The first kappa shape index (κ1) is 11.8. The van der Waals surface area contributed by atoms with E-state index in [0.29, 0.717) is 5.69 Å². The number of carbonyl (C=O) groups excluding carboxylic acids is 1. The minimum absolute atomic E-state index is 0. The van der Waals surface area contributed by atoms with Gasteiger partial charge >= 0.3 is 21.1 Å². The van der Waals surface area contributed by atoms with E-state index in [4.69, 9.17) is 5.21 Å². The number of oxime groups is 1. The molecule has 0 saturated heterocycles. The number of amides is 1. The molecule has 0 unspecified atom stereocenters. The molecule has 0 bridgehead atoms. The summed E-state index contributed by atoms with van der Waals surface area (Å²) in [7, 11) is 0. The van der Waals surface area contributed by atoms with Crippen LogP contribution in [-0.4, -0.2) is 17.3 Å². The molecule has 0 aromatic heterocycles. The Bertz CT molecular complexity index is 287. The largest absolute Gasteiger partial charge is 2.00 e. The second-order valence-corrected chi connectivity index (χ2v) is 2.03. The third kappa shape index (κ3) is 4.43. The summed E-state index contributed by atoms with van der Waals surface area (Å²) in [6, 6.07) is 9.57. The fraction of sp³-hybridized carbons (Fsp3) is 0. The second kappa shape index (κ2) is 6.37. The molecule has 0 aliphatic heterocycles. The van der Waals surface area contributed by atoms with Crippen LogP contribution in [0.4, 0.5) is 5.69 Å². The van der Waals surface area contributed by atoms with Gasteiger partial charge in [0.15, 0.2) is 0 Å². The third-order valence-corrected chi connectivity index (χ3v) is 1.15. The average Bonchev–Trinajstić information content (AvgIpc) is 2.06. The van der Waals surface area contributed by atoms with Gasteiger partial charge in [-0.1, -0.05) is 10.8 Å². The molecule has 4 nitrogen and oxygen atoms in total. The second-order valence-electron chi connectivity index (χ2n) is 2.03. The molecule has 0 atom stereocenters. The van der Waals surface area contributed by atoms with Gasteiger partial charge in [-0.25, -0.2) is 0 Å². The Morgan fingerprint density at radius 2 is 2.46 bits per heavy atom. The molecule has 1 aromatic carbocycles. The average molecular weight is 347 g/mol. The van der Waals surface area contributed by atoms with Crippen LogP contribution < -0.4 is 5.32 Å². The van der Waals surface area contributed by atoms with Gasteiger partial charge in [0.25, 0.3) is 5.91 Å². The fourth-order valence-electron chi connectivity index (χ4n) is 0.698. The minimum Gasteiger partial charge on any atom is -0.411 e. The molecule has 5 heteroatoms. The maximum absolute atomic E-state index is 10.8. The summed E-state index contributed by atoms with van der Waals surface area (Å²) >= 11 is 0. The predicted octanol–water partition coefficient (Wildman–Crippen LogP) is 0.883. The number of nitrogens with one attached hydrogen (secondary N) is 1. The Labute approximate surface area is 89.9 Å². The molecule has 1 aromatic rings. The Kier molecular flexibility index (Phi) is 5.81. The number of hydrogen-bond acceptors (Lipinski definition) is 3. The van der Waals surface area contributed by atoms with Crippen LogP contribution >= 0.6 is 0 Å². The number of benzene rings is 1. The molecule has 0 heterocycles. The normalized spacial score (nSPS) is 9.23. The van der Waals surface area contributed by atoms with Crippen molar-refractivity contribution in [2.45, 2.75) is 0 Å². The van der Waals surface area contributed by atoms with E-state index in [1.54, 1.807) is 24.3 Å². The van der Waals surface area contributed by atoms with Gasteiger partial charge in [0.1, 0.15) is 6.21 Å². The van der Waals surface area contributed by atoms with E-state index in [0.717, 1.165) is 6.21 Å². The standard InChI is InChI=1S/C8H7N2O2.W/c11-8(6-9-12)10-7-4-2-1-3-5-7;/h1-2,4-6,12H,(H,10,11);/q-1;+2/b9-6+;. The molecule has 1 rings (SSSR count). The number of nitrogens with zero attached hydrogens (tertiary/aromatic N) is 1. The Morgan fingerprint density at radius 1 is 1.69 bits per heavy atom. The summed E-state index contributed by atoms with van der Waals surface area (Å²) in [5.41, 5.74) is 0.613. The van der Waals surface area contributed by atoms with Gasteiger partial charge < -0.3 is 10.5 Å². The molecule has 0 saturated carbocycles. The topological polar surface area (TPSA) is 61.7 Å². The van der Waals surface area contributed by atoms with Crippen LogP contribution in [0.15, 0.2) is 29.4 Å². The summed E-state index contributed by atoms with van der Waals surface area (Å²) < 4.78 is 0. The van der Waals surface area contributed by atoms with Crippen molar-refractivity contribution in [3.05, 3.63) is 30.3 Å². The number of hydrogen-bond donors (Lipinski definition) is 2. The van der Waals surface area contributed by atoms with Gasteiger partial charge in [-0.3, -0.25) is 4.79 Å². The Morgan fingerprint density at radius 3 is 3.00 bits per heavy atom. The van der Waals surface area contributed by atoms with Gasteiger partial charge in [0.05, 0.1) is 0 Å². The Hall–Kier alpha value is -1.15. The molecule has 0 spiro atoms. The summed E-state index contributed by atoms with van der Waals surface area (Å²) in [5.74, 6) is -0.475. The van der Waals surface area contributed by atoms with Crippen molar-refractivity contribution >= 4 is 17.8 Å². The summed E-state index contributed by atoms with van der Waals surface area (Å²) in [6.07, 6.45) is 0.785. The van der Waals surface area contributed by atoms with Crippen LogP contribution in [0, 0.1) is 6.07 Å². The zero-order valence-corrected chi connectivity index (χ0v) is 9.53. The molecule has 2 N–H and O–H groups in total. The van der Waals surface area contributed by atoms with Crippen LogP contribution in [0.3, 0.4) is 0 Å². The van der Waals surface area contributed by atoms with Gasteiger partial charge in [-0.2, -0.15) is 24.3 Å². The molecule has 0 aliphatic carbocycles. The quantitative estimate of drug-likeness (QED) is 0.361. The van der Waals surface area contributed by atoms with E-state index >= 15 is 0 Å². The van der Waals surface area contributed by atoms with Crippen molar-refractivity contribution in [3.8, 4) is 0 Å². The first-order valence-corrected chi connectivity index (χ1v) is 3.27. The smallest absolute Gasteiger partial charge is 0.411 e. The van der Waals surface area contributed by atoms with E-state index in [1.807, 2.05) is 0 Å². The number of anilines is 1. The molecular formula is C8H7N2O2W+. The number of rotatable bonds is 2. The van der Waals surface area contributed by atoms with E-state index in [2.05, 4.69) is 16.5 Å². The Balaban J connectivity index is 0.00000144. The summed E-state index contributed by atoms with van der Waals surface area (Å²) in [4.78, 5) is 10.8. The summed E-state index contributed by atoms with van der Waals surface area (Å²) in [5, 5.41) is 13.1. The van der Waals surface area contributed by atoms with Crippen LogP contribution in [0.1, 0.15) is 0 Å². The molecular weight excluding hydrogens is 340 g/mol. The molecule has 13 heavy (non-hydrogen) atoms. The monoisotopic (exact) mass is 347 g/mol. The predicted molar refractivity (Wildman–Crippen MR) is 44.2 cm³/mol. The van der Waals surface area contributed by atoms with Crippen LogP contribution in [-0.2, 0) is 25.9 Å². The summed E-state index contributed by atoms with van der Waals surface area (Å²) in [6.45, 7) is 0. The molecule has 1 amide bonds. The van der Waals surface area contributed by atoms with Crippen LogP contribution in [0.5, 0.6) is 0 Å². The molecule has 0 aliphatic rings. The third-order valence-electron chi connectivity index (χ3n) is 1.15. The van der Waals surface area contributed by atoms with Gasteiger partial charge in [-0.15, -0.1) is 6.07 Å². The maximum atomic E-state index is 10.8. The first-order chi connectivity index (χ1) is 5.83. The molecule has 0 radical (unpaired) electrons. The SMILES string of the molecule is O=C(/C=N/O)Nc1c[c-]ccc1.[W+2]. The van der Waals surface area contributed by atoms with E-state index in [9.17, 15) is 4.79 Å². The van der Waals surface area contributed by atoms with Crippen molar-refractivity contribution in [2.75, 3.05) is 5.32 Å². The van der Waals surface area contributed by atoms with Crippen molar-refractivity contribution in [1.82, 2.24) is 0 Å². The van der Waals surface area contributed by atoms with E-state index in [-0.39, 0.29) is 21.1 Å². The number of carbonyl (C=O) groups is 1. The van der Waals surface area contributed by atoms with E-state index < -0.39 is 5.91 Å². The van der Waals surface area contributed by atoms with Gasteiger partial charge in [0, 0.05) is 0 Å². The molecule has 0 fully saturated rings. The first-order valence-electron chi connectivity index (χ1n) is 3.27. The fourth-order valence-corrected chi connectivity index (χ4v) is 0.698.